The lowest BCUT2D eigenvalue weighted by molar-refractivity contribution is 0.383. The summed E-state index contributed by atoms with van der Waals surface area (Å²) in [5, 5.41) is 2.81. The molecule has 0 bridgehead atoms. The summed E-state index contributed by atoms with van der Waals surface area (Å²) >= 11 is 0. The summed E-state index contributed by atoms with van der Waals surface area (Å²) in [6, 6.07) is 8.39. The Bertz CT molecular complexity index is 555. The van der Waals surface area contributed by atoms with Crippen LogP contribution in [0.5, 0.6) is 0 Å². The van der Waals surface area contributed by atoms with Gasteiger partial charge in [-0.1, -0.05) is 38.1 Å². The van der Waals surface area contributed by atoms with Crippen LogP contribution in [0.3, 0.4) is 0 Å². The summed E-state index contributed by atoms with van der Waals surface area (Å²) in [7, 11) is -3.23. The van der Waals surface area contributed by atoms with Gasteiger partial charge >= 0.3 is 0 Å². The van der Waals surface area contributed by atoms with E-state index in [1.807, 2.05) is 32.0 Å². The molecule has 1 heterocycles. The van der Waals surface area contributed by atoms with Gasteiger partial charge in [0.15, 0.2) is 0 Å². The molecular weight excluding hydrogens is 272 g/mol. The molecular formula is C15H24N2O2S. The molecule has 112 valence electrons. The molecule has 0 saturated heterocycles. The molecule has 0 amide bonds. The molecule has 0 saturated carbocycles. The van der Waals surface area contributed by atoms with Crippen molar-refractivity contribution in [2.24, 2.45) is 0 Å². The summed E-state index contributed by atoms with van der Waals surface area (Å²) in [5.74, 6) is 0. The zero-order valence-electron chi connectivity index (χ0n) is 12.5. The third-order valence-corrected chi connectivity index (χ3v) is 5.99. The Kier molecular flexibility index (Phi) is 4.83. The number of sulfonamides is 1. The fraction of sp³-hybridized carbons (Fsp3) is 0.600. The Morgan fingerprint density at radius 2 is 1.85 bits per heavy atom. The minimum atomic E-state index is -3.23. The van der Waals surface area contributed by atoms with Crippen LogP contribution < -0.4 is 5.32 Å². The van der Waals surface area contributed by atoms with E-state index in [0.717, 1.165) is 12.0 Å². The molecule has 1 aliphatic heterocycles. The van der Waals surface area contributed by atoms with Gasteiger partial charge in [-0.05, 0) is 24.5 Å². The zero-order valence-corrected chi connectivity index (χ0v) is 13.3. The minimum absolute atomic E-state index is 0.301. The molecule has 20 heavy (non-hydrogen) atoms. The molecule has 4 nitrogen and oxygen atoms in total. The summed E-state index contributed by atoms with van der Waals surface area (Å²) in [5.41, 5.74) is 2.40. The van der Waals surface area contributed by atoms with Crippen LogP contribution in [0.1, 0.15) is 31.9 Å². The average molecular weight is 296 g/mol. The molecule has 1 atom stereocenters. The summed E-state index contributed by atoms with van der Waals surface area (Å²) in [6.07, 6.45) is 0.805. The van der Waals surface area contributed by atoms with E-state index < -0.39 is 15.3 Å². The first-order valence-corrected chi connectivity index (χ1v) is 8.70. The monoisotopic (exact) mass is 296 g/mol. The van der Waals surface area contributed by atoms with Crippen LogP contribution in [0.25, 0.3) is 0 Å². The van der Waals surface area contributed by atoms with Gasteiger partial charge in [0.05, 0.1) is 5.25 Å². The lowest BCUT2D eigenvalue weighted by Gasteiger charge is -2.30. The number of benzene rings is 1. The Morgan fingerprint density at radius 1 is 1.20 bits per heavy atom. The van der Waals surface area contributed by atoms with Gasteiger partial charge < -0.3 is 5.32 Å². The molecule has 1 unspecified atom stereocenters. The van der Waals surface area contributed by atoms with Gasteiger partial charge in [0.25, 0.3) is 0 Å². The van der Waals surface area contributed by atoms with Crippen LogP contribution in [-0.2, 0) is 23.0 Å². The maximum atomic E-state index is 12.6. The van der Waals surface area contributed by atoms with Crippen molar-refractivity contribution in [3.05, 3.63) is 35.4 Å². The van der Waals surface area contributed by atoms with Crippen LogP contribution in [0.15, 0.2) is 24.3 Å². The second-order valence-corrected chi connectivity index (χ2v) is 8.12. The predicted octanol–water partition coefficient (Wildman–Crippen LogP) is 1.76. The smallest absolute Gasteiger partial charge is 0.218 e. The number of rotatable bonds is 5. The van der Waals surface area contributed by atoms with Gasteiger partial charge in [-0.2, -0.15) is 4.31 Å². The molecule has 0 spiro atoms. The lowest BCUT2D eigenvalue weighted by atomic mass is 10.0. The Labute approximate surface area is 122 Å². The van der Waals surface area contributed by atoms with Gasteiger partial charge in [0.1, 0.15) is 0 Å². The quantitative estimate of drug-likeness (QED) is 0.901. The molecule has 0 radical (unpaired) electrons. The zero-order chi connectivity index (χ0) is 14.8. The van der Waals surface area contributed by atoms with Gasteiger partial charge in [-0.15, -0.1) is 0 Å². The van der Waals surface area contributed by atoms with E-state index in [4.69, 9.17) is 0 Å². The SMILES string of the molecule is CC(C)NCC(C)S(=O)(=O)N1CCc2ccccc2C1. The van der Waals surface area contributed by atoms with Crippen molar-refractivity contribution in [1.29, 1.82) is 0 Å². The van der Waals surface area contributed by atoms with E-state index in [9.17, 15) is 8.42 Å². The maximum absolute atomic E-state index is 12.6. The third kappa shape index (κ3) is 3.40. The predicted molar refractivity (Wildman–Crippen MR) is 82.1 cm³/mol. The van der Waals surface area contributed by atoms with Crippen LogP contribution >= 0.6 is 0 Å². The number of hydrogen-bond donors (Lipinski definition) is 1. The van der Waals surface area contributed by atoms with E-state index in [1.165, 1.54) is 5.56 Å². The molecule has 1 aliphatic rings. The van der Waals surface area contributed by atoms with E-state index >= 15 is 0 Å². The first-order valence-electron chi connectivity index (χ1n) is 7.20. The summed E-state index contributed by atoms with van der Waals surface area (Å²) in [6.45, 7) is 7.42. The fourth-order valence-electron chi connectivity index (χ4n) is 2.45. The van der Waals surface area contributed by atoms with Gasteiger partial charge in [0.2, 0.25) is 10.0 Å². The van der Waals surface area contributed by atoms with Crippen molar-refractivity contribution < 1.29 is 8.42 Å². The van der Waals surface area contributed by atoms with Gasteiger partial charge in [-0.25, -0.2) is 8.42 Å². The number of nitrogens with zero attached hydrogens (tertiary/aromatic N) is 1. The molecule has 0 fully saturated rings. The largest absolute Gasteiger partial charge is 0.313 e. The first-order chi connectivity index (χ1) is 9.41. The highest BCUT2D eigenvalue weighted by Crippen LogP contribution is 2.22. The Morgan fingerprint density at radius 3 is 2.50 bits per heavy atom. The average Bonchev–Trinajstić information content (AvgIpc) is 2.44. The summed E-state index contributed by atoms with van der Waals surface area (Å²) in [4.78, 5) is 0. The minimum Gasteiger partial charge on any atom is -0.313 e. The van der Waals surface area contributed by atoms with E-state index in [0.29, 0.717) is 25.7 Å². The number of nitrogens with one attached hydrogen (secondary N) is 1. The highest BCUT2D eigenvalue weighted by molar-refractivity contribution is 7.89. The van der Waals surface area contributed by atoms with E-state index in [2.05, 4.69) is 11.4 Å². The van der Waals surface area contributed by atoms with Crippen molar-refractivity contribution in [1.82, 2.24) is 9.62 Å². The third-order valence-electron chi connectivity index (χ3n) is 3.78. The molecule has 1 aromatic rings. The van der Waals surface area contributed by atoms with Gasteiger partial charge in [-0.3, -0.25) is 0 Å². The first kappa shape index (κ1) is 15.5. The number of hydrogen-bond acceptors (Lipinski definition) is 3. The van der Waals surface area contributed by atoms with Crippen LogP contribution in [0, 0.1) is 0 Å². The molecule has 1 N–H and O–H groups in total. The highest BCUT2D eigenvalue weighted by atomic mass is 32.2. The van der Waals surface area contributed by atoms with Crippen LogP contribution in [-0.4, -0.2) is 37.1 Å². The molecule has 0 aliphatic carbocycles. The molecule has 5 heteroatoms. The van der Waals surface area contributed by atoms with Crippen molar-refractivity contribution in [2.45, 2.75) is 45.0 Å². The van der Waals surface area contributed by atoms with Crippen LogP contribution in [0.4, 0.5) is 0 Å². The molecule has 2 rings (SSSR count). The van der Waals surface area contributed by atoms with Gasteiger partial charge in [0, 0.05) is 25.7 Å². The highest BCUT2D eigenvalue weighted by Gasteiger charge is 2.31. The van der Waals surface area contributed by atoms with E-state index in [-0.39, 0.29) is 0 Å². The molecule has 1 aromatic carbocycles. The second kappa shape index (κ2) is 6.24. The Hall–Kier alpha value is -0.910. The van der Waals surface area contributed by atoms with Crippen molar-refractivity contribution in [3.8, 4) is 0 Å². The Balaban J connectivity index is 2.08. The van der Waals surface area contributed by atoms with Crippen molar-refractivity contribution in [3.63, 3.8) is 0 Å². The number of fused-ring (bicyclic) bond motifs is 1. The normalized spacial score (nSPS) is 18.0. The van der Waals surface area contributed by atoms with Crippen molar-refractivity contribution >= 4 is 10.0 Å². The second-order valence-electron chi connectivity index (χ2n) is 5.77. The van der Waals surface area contributed by atoms with Crippen LogP contribution in [0.2, 0.25) is 0 Å². The van der Waals surface area contributed by atoms with Crippen molar-refractivity contribution in [2.75, 3.05) is 13.1 Å². The lowest BCUT2D eigenvalue weighted by Crippen LogP contribution is -2.45. The fourth-order valence-corrected chi connectivity index (χ4v) is 3.93. The summed E-state index contributed by atoms with van der Waals surface area (Å²) < 4.78 is 26.8. The molecule has 0 aromatic heterocycles. The topological polar surface area (TPSA) is 49.4 Å². The standard InChI is InChI=1S/C15H24N2O2S/c1-12(2)16-10-13(3)20(18,19)17-9-8-14-6-4-5-7-15(14)11-17/h4-7,12-13,16H,8-11H2,1-3H3. The maximum Gasteiger partial charge on any atom is 0.218 e. The van der Waals surface area contributed by atoms with E-state index in [1.54, 1.807) is 11.2 Å².